The highest BCUT2D eigenvalue weighted by molar-refractivity contribution is 9.10. The highest BCUT2D eigenvalue weighted by atomic mass is 79.9. The van der Waals surface area contributed by atoms with Crippen molar-refractivity contribution in [1.82, 2.24) is 4.98 Å². The molecule has 100 valence electrons. The molecular weight excluding hydrogens is 312 g/mol. The van der Waals surface area contributed by atoms with Crippen molar-refractivity contribution in [3.63, 3.8) is 0 Å². The molecule has 0 aliphatic rings. The van der Waals surface area contributed by atoms with Crippen LogP contribution in [0.25, 0.3) is 10.9 Å². The summed E-state index contributed by atoms with van der Waals surface area (Å²) in [7, 11) is 0. The maximum Gasteiger partial charge on any atom is 0.129 e. The molecule has 1 N–H and O–H groups in total. The summed E-state index contributed by atoms with van der Waals surface area (Å²) in [5.41, 5.74) is 3.43. The minimum atomic E-state index is 0.777. The van der Waals surface area contributed by atoms with Gasteiger partial charge < -0.3 is 5.32 Å². The molecule has 3 heteroatoms. The van der Waals surface area contributed by atoms with Gasteiger partial charge >= 0.3 is 0 Å². The van der Waals surface area contributed by atoms with Gasteiger partial charge in [-0.3, -0.25) is 0 Å². The van der Waals surface area contributed by atoms with Crippen molar-refractivity contribution in [2.75, 3.05) is 5.32 Å². The molecule has 3 rings (SSSR count). The third-order valence-electron chi connectivity index (χ3n) is 3.29. The van der Waals surface area contributed by atoms with E-state index in [0.717, 1.165) is 22.4 Å². The zero-order chi connectivity index (χ0) is 13.9. The summed E-state index contributed by atoms with van der Waals surface area (Å²) in [6, 6.07) is 18.7. The number of anilines is 1. The third kappa shape index (κ3) is 2.83. The lowest BCUT2D eigenvalue weighted by atomic mass is 10.1. The number of aryl methyl sites for hydroxylation is 1. The second-order valence-electron chi connectivity index (χ2n) is 4.83. The van der Waals surface area contributed by atoms with E-state index in [9.17, 15) is 0 Å². The van der Waals surface area contributed by atoms with Gasteiger partial charge in [-0.15, -0.1) is 0 Å². The Labute approximate surface area is 127 Å². The molecule has 0 atom stereocenters. The highest BCUT2D eigenvalue weighted by Crippen LogP contribution is 2.20. The van der Waals surface area contributed by atoms with Gasteiger partial charge in [-0.2, -0.15) is 0 Å². The van der Waals surface area contributed by atoms with Crippen LogP contribution in [0, 0.1) is 6.92 Å². The van der Waals surface area contributed by atoms with Crippen LogP contribution in [0.15, 0.2) is 59.1 Å². The Bertz CT molecular complexity index is 736. The van der Waals surface area contributed by atoms with Gasteiger partial charge in [0, 0.05) is 16.4 Å². The largest absolute Gasteiger partial charge is 0.366 e. The topological polar surface area (TPSA) is 24.9 Å². The predicted molar refractivity (Wildman–Crippen MR) is 87.9 cm³/mol. The molecule has 0 aliphatic carbocycles. The predicted octanol–water partition coefficient (Wildman–Crippen LogP) is 4.92. The minimum absolute atomic E-state index is 0.777. The molecular formula is C17H15BrN2. The van der Waals surface area contributed by atoms with Gasteiger partial charge in [-0.1, -0.05) is 46.3 Å². The van der Waals surface area contributed by atoms with E-state index in [4.69, 9.17) is 0 Å². The van der Waals surface area contributed by atoms with E-state index in [2.05, 4.69) is 69.6 Å². The van der Waals surface area contributed by atoms with Crippen LogP contribution in [-0.2, 0) is 6.54 Å². The summed E-state index contributed by atoms with van der Waals surface area (Å²) in [5.74, 6) is 0.951. The quantitative estimate of drug-likeness (QED) is 0.739. The minimum Gasteiger partial charge on any atom is -0.366 e. The number of para-hydroxylation sites is 1. The van der Waals surface area contributed by atoms with E-state index < -0.39 is 0 Å². The van der Waals surface area contributed by atoms with Gasteiger partial charge in [0.15, 0.2) is 0 Å². The number of fused-ring (bicyclic) bond motifs is 1. The van der Waals surface area contributed by atoms with Crippen LogP contribution >= 0.6 is 15.9 Å². The monoisotopic (exact) mass is 326 g/mol. The number of pyridine rings is 1. The fourth-order valence-corrected chi connectivity index (χ4v) is 2.45. The summed E-state index contributed by atoms with van der Waals surface area (Å²) in [6.07, 6.45) is 0. The van der Waals surface area contributed by atoms with Crippen molar-refractivity contribution in [2.24, 2.45) is 0 Å². The molecule has 0 radical (unpaired) electrons. The van der Waals surface area contributed by atoms with E-state index in [-0.39, 0.29) is 0 Å². The summed E-state index contributed by atoms with van der Waals surface area (Å²) < 4.78 is 1.10. The van der Waals surface area contributed by atoms with Gasteiger partial charge in [0.25, 0.3) is 0 Å². The number of rotatable bonds is 3. The molecule has 1 heterocycles. The SMILES string of the molecule is Cc1cc2ccccc2nc1NCc1ccc(Br)cc1. The highest BCUT2D eigenvalue weighted by Gasteiger charge is 2.03. The lowest BCUT2D eigenvalue weighted by Gasteiger charge is -2.10. The molecule has 2 aromatic carbocycles. The maximum absolute atomic E-state index is 4.69. The smallest absolute Gasteiger partial charge is 0.129 e. The van der Waals surface area contributed by atoms with Crippen molar-refractivity contribution in [1.29, 1.82) is 0 Å². The van der Waals surface area contributed by atoms with Gasteiger partial charge in [-0.05, 0) is 42.3 Å². The average Bonchev–Trinajstić information content (AvgIpc) is 2.47. The molecule has 0 saturated carbocycles. The van der Waals surface area contributed by atoms with Crippen molar-refractivity contribution in [3.05, 3.63) is 70.2 Å². The van der Waals surface area contributed by atoms with Crippen LogP contribution in [0.3, 0.4) is 0 Å². The van der Waals surface area contributed by atoms with Gasteiger partial charge in [0.2, 0.25) is 0 Å². The molecule has 3 aromatic rings. The lowest BCUT2D eigenvalue weighted by Crippen LogP contribution is -2.03. The molecule has 0 unspecified atom stereocenters. The van der Waals surface area contributed by atoms with Crippen molar-refractivity contribution in [3.8, 4) is 0 Å². The normalized spacial score (nSPS) is 10.7. The molecule has 1 aromatic heterocycles. The standard InChI is InChI=1S/C17H15BrN2/c1-12-10-14-4-2-3-5-16(14)20-17(12)19-11-13-6-8-15(18)9-7-13/h2-10H,11H2,1H3,(H,19,20). The molecule has 2 nitrogen and oxygen atoms in total. The van der Waals surface area contributed by atoms with Crippen LogP contribution in [-0.4, -0.2) is 4.98 Å². The van der Waals surface area contributed by atoms with Crippen LogP contribution in [0.2, 0.25) is 0 Å². The average molecular weight is 327 g/mol. The Morgan fingerprint density at radius 2 is 1.80 bits per heavy atom. The van der Waals surface area contributed by atoms with E-state index in [1.807, 2.05) is 18.2 Å². The molecule has 0 fully saturated rings. The Hall–Kier alpha value is -1.87. The van der Waals surface area contributed by atoms with E-state index in [0.29, 0.717) is 0 Å². The zero-order valence-corrected chi connectivity index (χ0v) is 12.8. The fourth-order valence-electron chi connectivity index (χ4n) is 2.19. The first-order valence-electron chi connectivity index (χ1n) is 6.57. The number of benzene rings is 2. The first-order chi connectivity index (χ1) is 9.72. The Kier molecular flexibility index (Phi) is 3.70. The summed E-state index contributed by atoms with van der Waals surface area (Å²) in [6.45, 7) is 2.86. The van der Waals surface area contributed by atoms with Crippen LogP contribution < -0.4 is 5.32 Å². The number of halogens is 1. The summed E-state index contributed by atoms with van der Waals surface area (Å²) in [5, 5.41) is 4.59. The lowest BCUT2D eigenvalue weighted by molar-refractivity contribution is 1.11. The van der Waals surface area contributed by atoms with Crippen molar-refractivity contribution in [2.45, 2.75) is 13.5 Å². The second-order valence-corrected chi connectivity index (χ2v) is 5.74. The first-order valence-corrected chi connectivity index (χ1v) is 7.36. The van der Waals surface area contributed by atoms with E-state index >= 15 is 0 Å². The number of hydrogen-bond donors (Lipinski definition) is 1. The summed E-state index contributed by atoms with van der Waals surface area (Å²) >= 11 is 3.45. The maximum atomic E-state index is 4.69. The van der Waals surface area contributed by atoms with Gasteiger partial charge in [-0.25, -0.2) is 4.98 Å². The van der Waals surface area contributed by atoms with Gasteiger partial charge in [0.05, 0.1) is 5.52 Å². The number of aromatic nitrogens is 1. The molecule has 0 bridgehead atoms. The molecule has 0 spiro atoms. The molecule has 0 amide bonds. The van der Waals surface area contributed by atoms with E-state index in [1.54, 1.807) is 0 Å². The second kappa shape index (κ2) is 5.63. The van der Waals surface area contributed by atoms with Crippen LogP contribution in [0.4, 0.5) is 5.82 Å². The van der Waals surface area contributed by atoms with Crippen LogP contribution in [0.1, 0.15) is 11.1 Å². The Morgan fingerprint density at radius 3 is 2.60 bits per heavy atom. The third-order valence-corrected chi connectivity index (χ3v) is 3.82. The number of hydrogen-bond acceptors (Lipinski definition) is 2. The zero-order valence-electron chi connectivity index (χ0n) is 11.2. The van der Waals surface area contributed by atoms with E-state index in [1.165, 1.54) is 16.5 Å². The van der Waals surface area contributed by atoms with Crippen molar-refractivity contribution >= 4 is 32.7 Å². The van der Waals surface area contributed by atoms with Crippen LogP contribution in [0.5, 0.6) is 0 Å². The summed E-state index contributed by atoms with van der Waals surface area (Å²) in [4.78, 5) is 4.69. The van der Waals surface area contributed by atoms with Gasteiger partial charge in [0.1, 0.15) is 5.82 Å². The molecule has 20 heavy (non-hydrogen) atoms. The molecule has 0 aliphatic heterocycles. The molecule has 0 saturated heterocycles. The number of nitrogens with one attached hydrogen (secondary N) is 1. The fraction of sp³-hybridized carbons (Fsp3) is 0.118. The van der Waals surface area contributed by atoms with Crippen molar-refractivity contribution < 1.29 is 0 Å². The Morgan fingerprint density at radius 1 is 1.05 bits per heavy atom. The Balaban J connectivity index is 1.83. The number of nitrogens with zero attached hydrogens (tertiary/aromatic N) is 1. The first kappa shape index (κ1) is 13.1.